The van der Waals surface area contributed by atoms with Crippen molar-refractivity contribution in [1.29, 1.82) is 0 Å². The molecule has 1 aliphatic rings. The monoisotopic (exact) mass is 574 g/mol. The van der Waals surface area contributed by atoms with Crippen molar-refractivity contribution in [2.75, 3.05) is 0 Å². The van der Waals surface area contributed by atoms with Gasteiger partial charge in [0.25, 0.3) is 0 Å². The molecule has 0 amide bonds. The van der Waals surface area contributed by atoms with Crippen molar-refractivity contribution in [1.82, 2.24) is 0 Å². The van der Waals surface area contributed by atoms with Crippen LogP contribution in [0.25, 0.3) is 0 Å². The minimum absolute atomic E-state index is 0.00952. The first kappa shape index (κ1) is 29.7. The van der Waals surface area contributed by atoms with Gasteiger partial charge >= 0.3 is 29.8 Å². The van der Waals surface area contributed by atoms with Gasteiger partial charge in [0.2, 0.25) is 0 Å². The summed E-state index contributed by atoms with van der Waals surface area (Å²) in [4.78, 5) is 73.0. The molecule has 42 heavy (non-hydrogen) atoms. The highest BCUT2D eigenvalue weighted by atomic mass is 16.6. The van der Waals surface area contributed by atoms with Gasteiger partial charge < -0.3 is 23.7 Å². The Morgan fingerprint density at radius 3 is 1.43 bits per heavy atom. The van der Waals surface area contributed by atoms with Crippen LogP contribution in [0.5, 0.6) is 28.7 Å². The molecule has 0 aromatic heterocycles. The van der Waals surface area contributed by atoms with Gasteiger partial charge in [-0.25, -0.2) is 0 Å². The van der Waals surface area contributed by atoms with Crippen molar-refractivity contribution in [3.05, 3.63) is 76.9 Å². The highest BCUT2D eigenvalue weighted by molar-refractivity contribution is 6.08. The molecule has 0 aliphatic heterocycles. The van der Waals surface area contributed by atoms with E-state index >= 15 is 0 Å². The number of carbonyl (C=O) groups excluding carboxylic acids is 6. The van der Waals surface area contributed by atoms with E-state index in [0.717, 1.165) is 0 Å². The lowest BCUT2D eigenvalue weighted by molar-refractivity contribution is -0.133. The number of esters is 5. The van der Waals surface area contributed by atoms with Gasteiger partial charge in [0.05, 0.1) is 5.92 Å². The molecular weight excluding hydrogens is 548 g/mol. The van der Waals surface area contributed by atoms with Crippen molar-refractivity contribution in [2.24, 2.45) is 0 Å². The summed E-state index contributed by atoms with van der Waals surface area (Å²) in [6, 6.07) is 13.4. The molecule has 0 N–H and O–H groups in total. The fourth-order valence-electron chi connectivity index (χ4n) is 4.91. The SMILES string of the molecule is CC(=O)Oc1ccc([C@@H]2C(=O)c3cc(OC(C)=O)cc(OC(C)=O)c3[C@H]2c2cc(OC(C)=O)cc(OC(C)=O)c2)cc1. The molecule has 216 valence electrons. The first-order valence-electron chi connectivity index (χ1n) is 12.7. The van der Waals surface area contributed by atoms with Crippen LogP contribution in [0.15, 0.2) is 54.6 Å². The van der Waals surface area contributed by atoms with Crippen LogP contribution in [-0.2, 0) is 24.0 Å². The lowest BCUT2D eigenvalue weighted by atomic mass is 9.81. The second kappa shape index (κ2) is 12.0. The van der Waals surface area contributed by atoms with Crippen LogP contribution < -0.4 is 23.7 Å². The summed E-state index contributed by atoms with van der Waals surface area (Å²) in [5.74, 6) is -5.00. The minimum Gasteiger partial charge on any atom is -0.427 e. The summed E-state index contributed by atoms with van der Waals surface area (Å²) >= 11 is 0. The van der Waals surface area contributed by atoms with Gasteiger partial charge in [0.15, 0.2) is 5.78 Å². The number of ether oxygens (including phenoxy) is 5. The second-order valence-corrected chi connectivity index (χ2v) is 9.48. The van der Waals surface area contributed by atoms with E-state index in [9.17, 15) is 28.8 Å². The summed E-state index contributed by atoms with van der Waals surface area (Å²) in [6.07, 6.45) is 0. The molecule has 0 bridgehead atoms. The number of Topliss-reactive ketones (excluding diaryl/α,β-unsaturated/α-hetero) is 1. The molecule has 3 aromatic rings. The zero-order chi connectivity index (χ0) is 30.7. The molecule has 1 aliphatic carbocycles. The van der Waals surface area contributed by atoms with Crippen LogP contribution in [0.3, 0.4) is 0 Å². The zero-order valence-corrected chi connectivity index (χ0v) is 23.3. The van der Waals surface area contributed by atoms with E-state index in [-0.39, 0.29) is 34.3 Å². The maximum absolute atomic E-state index is 14.1. The van der Waals surface area contributed by atoms with Gasteiger partial charge in [-0.15, -0.1) is 0 Å². The molecule has 0 saturated heterocycles. The molecule has 0 heterocycles. The van der Waals surface area contributed by atoms with Crippen molar-refractivity contribution < 1.29 is 52.5 Å². The van der Waals surface area contributed by atoms with Crippen LogP contribution >= 0.6 is 0 Å². The van der Waals surface area contributed by atoms with Gasteiger partial charge in [-0.2, -0.15) is 0 Å². The first-order valence-corrected chi connectivity index (χ1v) is 12.7. The largest absolute Gasteiger partial charge is 0.427 e. The predicted molar refractivity (Wildman–Crippen MR) is 145 cm³/mol. The van der Waals surface area contributed by atoms with E-state index in [4.69, 9.17) is 23.7 Å². The molecule has 0 spiro atoms. The lowest BCUT2D eigenvalue weighted by Crippen LogP contribution is -2.15. The fourth-order valence-corrected chi connectivity index (χ4v) is 4.91. The van der Waals surface area contributed by atoms with Crippen molar-refractivity contribution in [3.8, 4) is 28.7 Å². The Morgan fingerprint density at radius 1 is 0.500 bits per heavy atom. The maximum Gasteiger partial charge on any atom is 0.308 e. The standard InChI is InChI=1S/C31H26O11/c1-15(32)38-22-8-6-20(7-9-22)29-28(21-10-23(39-16(2)33)12-24(11-21)40-17(3)34)30-26(31(29)37)13-25(41-18(4)35)14-27(30)42-19(5)36/h6-14,28-29H,1-5H3/t28-,29-/m0/s1. The van der Waals surface area contributed by atoms with Crippen LogP contribution in [0.1, 0.15) is 73.5 Å². The summed E-state index contributed by atoms with van der Waals surface area (Å²) in [5.41, 5.74) is 1.32. The molecule has 11 heteroatoms. The second-order valence-electron chi connectivity index (χ2n) is 9.48. The molecule has 0 fully saturated rings. The number of carbonyl (C=O) groups is 6. The van der Waals surface area contributed by atoms with Crippen molar-refractivity contribution in [2.45, 2.75) is 46.5 Å². The molecule has 3 aromatic carbocycles. The third-order valence-electron chi connectivity index (χ3n) is 6.11. The fraction of sp³-hybridized carbons (Fsp3) is 0.226. The average Bonchev–Trinajstić information content (AvgIpc) is 3.15. The highest BCUT2D eigenvalue weighted by Gasteiger charge is 2.45. The van der Waals surface area contributed by atoms with Crippen LogP contribution in [-0.4, -0.2) is 35.6 Å². The van der Waals surface area contributed by atoms with E-state index in [2.05, 4.69) is 0 Å². The van der Waals surface area contributed by atoms with Gasteiger partial charge in [0.1, 0.15) is 28.7 Å². The number of hydrogen-bond acceptors (Lipinski definition) is 11. The third-order valence-corrected chi connectivity index (χ3v) is 6.11. The van der Waals surface area contributed by atoms with Crippen LogP contribution in [0, 0.1) is 0 Å². The Labute approximate surface area is 240 Å². The molecule has 2 atom stereocenters. The quantitative estimate of drug-likeness (QED) is 0.291. The smallest absolute Gasteiger partial charge is 0.308 e. The number of hydrogen-bond donors (Lipinski definition) is 0. The Balaban J connectivity index is 1.99. The Kier molecular flexibility index (Phi) is 8.51. The number of ketones is 1. The Hall–Kier alpha value is -5.32. The maximum atomic E-state index is 14.1. The van der Waals surface area contributed by atoms with Crippen LogP contribution in [0.2, 0.25) is 0 Å². The lowest BCUT2D eigenvalue weighted by Gasteiger charge is -2.23. The van der Waals surface area contributed by atoms with E-state index < -0.39 is 47.5 Å². The molecular formula is C31H26O11. The summed E-state index contributed by atoms with van der Waals surface area (Å²) < 4.78 is 26.4. The van der Waals surface area contributed by atoms with Gasteiger partial charge in [-0.3, -0.25) is 28.8 Å². The van der Waals surface area contributed by atoms with Gasteiger partial charge in [-0.05, 0) is 41.5 Å². The number of benzene rings is 3. The molecule has 0 radical (unpaired) electrons. The average molecular weight is 575 g/mol. The summed E-state index contributed by atoms with van der Waals surface area (Å²) in [7, 11) is 0. The molecule has 11 nitrogen and oxygen atoms in total. The van der Waals surface area contributed by atoms with E-state index in [0.29, 0.717) is 16.7 Å². The Bertz CT molecular complexity index is 1580. The normalized spacial score (nSPS) is 15.3. The highest BCUT2D eigenvalue weighted by Crippen LogP contribution is 2.53. The van der Waals surface area contributed by atoms with Crippen molar-refractivity contribution in [3.63, 3.8) is 0 Å². The Morgan fingerprint density at radius 2 is 0.952 bits per heavy atom. The van der Waals surface area contributed by atoms with Crippen LogP contribution in [0.4, 0.5) is 0 Å². The number of rotatable bonds is 7. The third kappa shape index (κ3) is 6.69. The molecule has 0 unspecified atom stereocenters. The predicted octanol–water partition coefficient (Wildman–Crippen LogP) is 4.43. The molecule has 0 saturated carbocycles. The number of fused-ring (bicyclic) bond motifs is 1. The zero-order valence-electron chi connectivity index (χ0n) is 23.3. The molecule has 4 rings (SSSR count). The summed E-state index contributed by atoms with van der Waals surface area (Å²) in [5, 5.41) is 0. The van der Waals surface area contributed by atoms with E-state index in [1.54, 1.807) is 12.1 Å². The summed E-state index contributed by atoms with van der Waals surface area (Å²) in [6.45, 7) is 6.04. The topological polar surface area (TPSA) is 149 Å². The van der Waals surface area contributed by atoms with Gasteiger partial charge in [0, 0.05) is 63.8 Å². The van der Waals surface area contributed by atoms with Gasteiger partial charge in [-0.1, -0.05) is 12.1 Å². The first-order chi connectivity index (χ1) is 19.8. The van der Waals surface area contributed by atoms with E-state index in [1.807, 2.05) is 0 Å². The van der Waals surface area contributed by atoms with Crippen molar-refractivity contribution >= 4 is 35.6 Å². The minimum atomic E-state index is -0.939. The van der Waals surface area contributed by atoms with E-state index in [1.165, 1.54) is 77.1 Å².